The van der Waals surface area contributed by atoms with Crippen LogP contribution in [0.5, 0.6) is 0 Å². The summed E-state index contributed by atoms with van der Waals surface area (Å²) < 4.78 is 66.0. The van der Waals surface area contributed by atoms with E-state index in [2.05, 4.69) is 0 Å². The molecule has 0 N–H and O–H groups in total. The maximum atomic E-state index is 13.4. The average molecular weight is 557 g/mol. The van der Waals surface area contributed by atoms with Gasteiger partial charge in [-0.3, -0.25) is 4.90 Å². The minimum Gasteiger partial charge on any atom is -0.286 e. The van der Waals surface area contributed by atoms with Gasteiger partial charge in [-0.2, -0.15) is 0 Å². The Bertz CT molecular complexity index is 1370. The first-order chi connectivity index (χ1) is 16.4. The SMILES string of the molecule is CC1C(N(S(C)(=O)=O)S(=O)(=O)c2ccc(F)cc2)CN1C(c1ccc(Cl)cc1)c1ccc(Cl)cc1. The van der Waals surface area contributed by atoms with Crippen molar-refractivity contribution in [1.82, 2.24) is 8.61 Å². The highest BCUT2D eigenvalue weighted by atomic mass is 35.5. The van der Waals surface area contributed by atoms with E-state index in [1.807, 2.05) is 29.2 Å². The maximum absolute atomic E-state index is 13.4. The largest absolute Gasteiger partial charge is 0.286 e. The van der Waals surface area contributed by atoms with Gasteiger partial charge in [-0.15, -0.1) is 0 Å². The van der Waals surface area contributed by atoms with Gasteiger partial charge in [0.25, 0.3) is 10.0 Å². The molecule has 3 aromatic carbocycles. The number of likely N-dealkylation sites (tertiary alicyclic amines) is 1. The summed E-state index contributed by atoms with van der Waals surface area (Å²) in [6.45, 7) is 1.94. The Morgan fingerprint density at radius 3 is 1.71 bits per heavy atom. The van der Waals surface area contributed by atoms with Crippen LogP contribution in [0.25, 0.3) is 0 Å². The molecule has 35 heavy (non-hydrogen) atoms. The third-order valence-corrected chi connectivity index (χ3v) is 10.6. The Hall–Kier alpha value is -2.01. The van der Waals surface area contributed by atoms with Crippen LogP contribution in [0.3, 0.4) is 0 Å². The topological polar surface area (TPSA) is 74.8 Å². The predicted octanol–water partition coefficient (Wildman–Crippen LogP) is 4.95. The first kappa shape index (κ1) is 26.1. The molecule has 2 unspecified atom stereocenters. The van der Waals surface area contributed by atoms with Crippen molar-refractivity contribution < 1.29 is 21.2 Å². The molecule has 2 atom stereocenters. The summed E-state index contributed by atoms with van der Waals surface area (Å²) in [4.78, 5) is 1.73. The van der Waals surface area contributed by atoms with Gasteiger partial charge in [0.15, 0.2) is 0 Å². The Kier molecular flexibility index (Phi) is 7.30. The van der Waals surface area contributed by atoms with Gasteiger partial charge in [0.1, 0.15) is 5.82 Å². The monoisotopic (exact) mass is 556 g/mol. The Labute approximate surface area is 215 Å². The zero-order valence-electron chi connectivity index (χ0n) is 18.8. The lowest BCUT2D eigenvalue weighted by Crippen LogP contribution is -2.67. The van der Waals surface area contributed by atoms with Crippen LogP contribution in [0.1, 0.15) is 24.1 Å². The second kappa shape index (κ2) is 9.80. The summed E-state index contributed by atoms with van der Waals surface area (Å²) in [7, 11) is -8.61. The average Bonchev–Trinajstić information content (AvgIpc) is 2.79. The third-order valence-electron chi connectivity index (χ3n) is 6.13. The quantitative estimate of drug-likeness (QED) is 0.411. The van der Waals surface area contributed by atoms with Crippen LogP contribution in [0.15, 0.2) is 77.7 Å². The molecule has 0 radical (unpaired) electrons. The van der Waals surface area contributed by atoms with Gasteiger partial charge in [0.2, 0.25) is 10.0 Å². The van der Waals surface area contributed by atoms with E-state index < -0.39 is 37.9 Å². The lowest BCUT2D eigenvalue weighted by Gasteiger charge is -2.53. The summed E-state index contributed by atoms with van der Waals surface area (Å²) >= 11 is 12.2. The van der Waals surface area contributed by atoms with Gasteiger partial charge < -0.3 is 0 Å². The molecule has 11 heteroatoms. The lowest BCUT2D eigenvalue weighted by atomic mass is 9.89. The van der Waals surface area contributed by atoms with E-state index in [1.54, 1.807) is 31.2 Å². The zero-order valence-corrected chi connectivity index (χ0v) is 22.0. The molecule has 1 fully saturated rings. The molecule has 0 bridgehead atoms. The fourth-order valence-corrected chi connectivity index (χ4v) is 8.34. The van der Waals surface area contributed by atoms with Crippen LogP contribution < -0.4 is 0 Å². The Morgan fingerprint density at radius 1 is 0.857 bits per heavy atom. The molecule has 4 rings (SSSR count). The molecule has 0 amide bonds. The van der Waals surface area contributed by atoms with E-state index in [1.165, 1.54) is 0 Å². The Morgan fingerprint density at radius 2 is 1.31 bits per heavy atom. The van der Waals surface area contributed by atoms with Crippen LogP contribution in [0.4, 0.5) is 4.39 Å². The molecular formula is C24H23Cl2FN2O4S2. The molecule has 3 aromatic rings. The van der Waals surface area contributed by atoms with E-state index in [9.17, 15) is 21.2 Å². The van der Waals surface area contributed by atoms with Crippen LogP contribution in [0.2, 0.25) is 10.0 Å². The second-order valence-corrected chi connectivity index (χ2v) is 13.2. The van der Waals surface area contributed by atoms with E-state index >= 15 is 0 Å². The number of rotatable bonds is 7. The number of hydrogen-bond donors (Lipinski definition) is 0. The zero-order chi connectivity index (χ0) is 25.5. The molecule has 1 aliphatic heterocycles. The molecule has 186 valence electrons. The van der Waals surface area contributed by atoms with Crippen molar-refractivity contribution in [3.8, 4) is 0 Å². The van der Waals surface area contributed by atoms with E-state index in [0.29, 0.717) is 13.8 Å². The standard InChI is InChI=1S/C24H23Cl2FN2O4S2/c1-16-23(29(34(2,30)31)35(32,33)22-13-11-21(27)12-14-22)15-28(16)24(17-3-7-19(25)8-4-17)18-5-9-20(26)10-6-18/h3-14,16,23-24H,15H2,1-2H3. The normalized spacial score (nSPS) is 19.2. The number of halogens is 3. The van der Waals surface area contributed by atoms with Gasteiger partial charge in [-0.1, -0.05) is 51.2 Å². The molecule has 0 spiro atoms. The predicted molar refractivity (Wildman–Crippen MR) is 135 cm³/mol. The molecule has 6 nitrogen and oxygen atoms in total. The van der Waals surface area contributed by atoms with Crippen molar-refractivity contribution in [1.29, 1.82) is 0 Å². The number of hydrogen-bond acceptors (Lipinski definition) is 5. The van der Waals surface area contributed by atoms with E-state index in [0.717, 1.165) is 41.6 Å². The van der Waals surface area contributed by atoms with Gasteiger partial charge in [-0.05, 0) is 66.6 Å². The van der Waals surface area contributed by atoms with Gasteiger partial charge >= 0.3 is 0 Å². The number of nitrogens with zero attached hydrogens (tertiary/aromatic N) is 2. The van der Waals surface area contributed by atoms with Crippen LogP contribution in [-0.4, -0.2) is 50.3 Å². The highest BCUT2D eigenvalue weighted by Crippen LogP contribution is 2.40. The maximum Gasteiger partial charge on any atom is 0.256 e. The minimum absolute atomic E-state index is 0.157. The number of benzene rings is 3. The highest BCUT2D eigenvalue weighted by molar-refractivity contribution is 8.03. The first-order valence-corrected chi connectivity index (χ1v) is 14.7. The van der Waals surface area contributed by atoms with Gasteiger partial charge in [-0.25, -0.2) is 21.2 Å². The lowest BCUT2D eigenvalue weighted by molar-refractivity contribution is 0.0132. The van der Waals surface area contributed by atoms with Crippen molar-refractivity contribution in [3.63, 3.8) is 0 Å². The summed E-state index contributed by atoms with van der Waals surface area (Å²) in [6.07, 6.45) is 0.860. The molecule has 0 aromatic heterocycles. The van der Waals surface area contributed by atoms with Crippen LogP contribution in [0, 0.1) is 5.82 Å². The van der Waals surface area contributed by atoms with Crippen molar-refractivity contribution in [2.75, 3.05) is 12.8 Å². The molecule has 1 aliphatic rings. The summed E-state index contributed by atoms with van der Waals surface area (Å²) in [5.41, 5.74) is 1.82. The highest BCUT2D eigenvalue weighted by Gasteiger charge is 2.51. The van der Waals surface area contributed by atoms with Crippen molar-refractivity contribution in [2.45, 2.75) is 29.9 Å². The molecule has 1 saturated heterocycles. The molecular weight excluding hydrogens is 534 g/mol. The van der Waals surface area contributed by atoms with E-state index in [-0.39, 0.29) is 17.5 Å². The van der Waals surface area contributed by atoms with Crippen molar-refractivity contribution in [3.05, 3.63) is 99.8 Å². The van der Waals surface area contributed by atoms with Gasteiger partial charge in [0, 0.05) is 22.6 Å². The smallest absolute Gasteiger partial charge is 0.256 e. The first-order valence-electron chi connectivity index (χ1n) is 10.7. The summed E-state index contributed by atoms with van der Waals surface area (Å²) in [5, 5.41) is 1.15. The van der Waals surface area contributed by atoms with Crippen LogP contribution >= 0.6 is 23.2 Å². The fraction of sp³-hybridized carbons (Fsp3) is 0.250. The minimum atomic E-state index is -4.44. The van der Waals surface area contributed by atoms with Crippen molar-refractivity contribution >= 4 is 43.2 Å². The van der Waals surface area contributed by atoms with E-state index in [4.69, 9.17) is 23.2 Å². The molecule has 0 saturated carbocycles. The van der Waals surface area contributed by atoms with Gasteiger partial charge in [0.05, 0.1) is 23.2 Å². The molecule has 0 aliphatic carbocycles. The van der Waals surface area contributed by atoms with Crippen LogP contribution in [-0.2, 0) is 20.0 Å². The molecule has 1 heterocycles. The second-order valence-electron chi connectivity index (χ2n) is 8.46. The summed E-state index contributed by atoms with van der Waals surface area (Å²) in [5.74, 6) is -0.619. The van der Waals surface area contributed by atoms with Crippen molar-refractivity contribution in [2.24, 2.45) is 0 Å². The summed E-state index contributed by atoms with van der Waals surface area (Å²) in [6, 6.07) is 17.1. The fourth-order valence-electron chi connectivity index (χ4n) is 4.38. The third kappa shape index (κ3) is 5.26. The number of sulfonamides is 2. The Balaban J connectivity index is 1.71.